The Morgan fingerprint density at radius 3 is 2.90 bits per heavy atom. The monoisotopic (exact) mass is 302 g/mol. The van der Waals surface area contributed by atoms with E-state index in [-0.39, 0.29) is 18.3 Å². The van der Waals surface area contributed by atoms with Crippen LogP contribution in [0.15, 0.2) is 30.5 Å². The van der Waals surface area contributed by atoms with Crippen molar-refractivity contribution in [2.75, 3.05) is 6.54 Å². The van der Waals surface area contributed by atoms with Crippen LogP contribution in [0.2, 0.25) is 0 Å². The summed E-state index contributed by atoms with van der Waals surface area (Å²) >= 11 is 5.98. The minimum absolute atomic E-state index is 0.0518. The van der Waals surface area contributed by atoms with E-state index in [1.54, 1.807) is 6.20 Å². The zero-order chi connectivity index (χ0) is 14.8. The molecule has 108 valence electrons. The number of nitrogens with one attached hydrogen (secondary N) is 1. The largest absolute Gasteiger partial charge is 0.355 e. The Morgan fingerprint density at radius 2 is 2.14 bits per heavy atom. The van der Waals surface area contributed by atoms with Gasteiger partial charge in [-0.05, 0) is 13.0 Å². The third-order valence-corrected chi connectivity index (χ3v) is 3.59. The summed E-state index contributed by atoms with van der Waals surface area (Å²) in [5.74, 6) is 0.878. The first-order valence-corrected chi connectivity index (χ1v) is 7.33. The first-order valence-electron chi connectivity index (χ1n) is 6.80. The molecule has 3 rings (SSSR count). The number of amides is 1. The number of carbonyl (C=O) groups excluding carboxylic acids is 1. The van der Waals surface area contributed by atoms with Crippen molar-refractivity contribution in [1.82, 2.24) is 19.9 Å². The van der Waals surface area contributed by atoms with Gasteiger partial charge in [0.1, 0.15) is 17.9 Å². The average molecular weight is 303 g/mol. The van der Waals surface area contributed by atoms with Crippen LogP contribution in [0.3, 0.4) is 0 Å². The van der Waals surface area contributed by atoms with Gasteiger partial charge in [0.15, 0.2) is 0 Å². The van der Waals surface area contributed by atoms with Gasteiger partial charge in [0, 0.05) is 11.9 Å². The highest BCUT2D eigenvalue weighted by Gasteiger charge is 2.15. The number of alkyl halides is 1. The number of fused-ring (bicyclic) bond motifs is 3. The fourth-order valence-electron chi connectivity index (χ4n) is 2.48. The number of halogens is 1. The van der Waals surface area contributed by atoms with E-state index in [0.29, 0.717) is 12.4 Å². The van der Waals surface area contributed by atoms with Crippen LogP contribution < -0.4 is 5.32 Å². The zero-order valence-electron chi connectivity index (χ0n) is 11.6. The van der Waals surface area contributed by atoms with Crippen LogP contribution >= 0.6 is 11.6 Å². The molecule has 1 aromatic carbocycles. The molecule has 0 radical (unpaired) electrons. The lowest BCUT2D eigenvalue weighted by Gasteiger charge is -2.09. The molecule has 6 heteroatoms. The van der Waals surface area contributed by atoms with Gasteiger partial charge in [-0.3, -0.25) is 9.78 Å². The third-order valence-electron chi connectivity index (χ3n) is 3.35. The normalized spacial score (nSPS) is 11.1. The summed E-state index contributed by atoms with van der Waals surface area (Å²) in [4.78, 5) is 20.8. The van der Waals surface area contributed by atoms with Gasteiger partial charge in [-0.2, -0.15) is 0 Å². The van der Waals surface area contributed by atoms with E-state index in [4.69, 9.17) is 11.6 Å². The number of likely N-dealkylation sites (N-methyl/N-ethyl adjacent to an activating group) is 1. The highest BCUT2D eigenvalue weighted by molar-refractivity contribution is 6.17. The Balaban J connectivity index is 2.24. The summed E-state index contributed by atoms with van der Waals surface area (Å²) in [5.41, 5.74) is 2.54. The number of imidazole rings is 1. The maximum absolute atomic E-state index is 11.9. The molecular formula is C15H15ClN4O. The highest BCUT2D eigenvalue weighted by atomic mass is 35.5. The van der Waals surface area contributed by atoms with Crippen LogP contribution in [0, 0.1) is 0 Å². The topological polar surface area (TPSA) is 59.8 Å². The van der Waals surface area contributed by atoms with E-state index in [2.05, 4.69) is 15.3 Å². The number of nitrogens with zero attached hydrogens (tertiary/aromatic N) is 3. The zero-order valence-corrected chi connectivity index (χ0v) is 12.4. The molecule has 5 nitrogen and oxygen atoms in total. The standard InChI is InChI=1S/C15H15ClN4O/c1-2-17-14(21)9-20-13(7-16)19-12-8-18-11-6-4-3-5-10(11)15(12)20/h3-6,8H,2,7,9H2,1H3,(H,17,21). The number of para-hydroxylation sites is 1. The Labute approximate surface area is 126 Å². The molecule has 0 fully saturated rings. The van der Waals surface area contributed by atoms with Gasteiger partial charge >= 0.3 is 0 Å². The van der Waals surface area contributed by atoms with Crippen molar-refractivity contribution >= 4 is 39.4 Å². The average Bonchev–Trinajstić information content (AvgIpc) is 2.85. The second kappa shape index (κ2) is 5.69. The second-order valence-corrected chi connectivity index (χ2v) is 4.98. The van der Waals surface area contributed by atoms with Gasteiger partial charge < -0.3 is 9.88 Å². The number of hydrogen-bond donors (Lipinski definition) is 1. The van der Waals surface area contributed by atoms with Crippen molar-refractivity contribution in [2.24, 2.45) is 0 Å². The summed E-state index contributed by atoms with van der Waals surface area (Å²) < 4.78 is 1.87. The minimum atomic E-state index is -0.0518. The maximum atomic E-state index is 11.9. The van der Waals surface area contributed by atoms with Gasteiger partial charge in [-0.25, -0.2) is 4.98 Å². The molecule has 0 saturated heterocycles. The SMILES string of the molecule is CCNC(=O)Cn1c(CCl)nc2cnc3ccccc3c21. The van der Waals surface area contributed by atoms with Gasteiger partial charge in [0.25, 0.3) is 0 Å². The molecule has 0 saturated carbocycles. The molecule has 2 aromatic heterocycles. The van der Waals surface area contributed by atoms with Crippen LogP contribution in [0.4, 0.5) is 0 Å². The van der Waals surface area contributed by atoms with Crippen LogP contribution in [0.1, 0.15) is 12.7 Å². The molecule has 0 bridgehead atoms. The van der Waals surface area contributed by atoms with Crippen LogP contribution in [0.25, 0.3) is 21.9 Å². The molecule has 0 spiro atoms. The van der Waals surface area contributed by atoms with E-state index in [1.165, 1.54) is 0 Å². The Hall–Kier alpha value is -2.14. The first kappa shape index (κ1) is 13.8. The number of pyridine rings is 1. The van der Waals surface area contributed by atoms with Gasteiger partial charge in [0.05, 0.1) is 23.1 Å². The van der Waals surface area contributed by atoms with E-state index in [1.807, 2.05) is 35.8 Å². The Bertz CT molecular complexity index is 812. The van der Waals surface area contributed by atoms with Crippen LogP contribution in [0.5, 0.6) is 0 Å². The van der Waals surface area contributed by atoms with Crippen molar-refractivity contribution in [3.05, 3.63) is 36.3 Å². The van der Waals surface area contributed by atoms with Crippen molar-refractivity contribution in [2.45, 2.75) is 19.3 Å². The summed E-state index contributed by atoms with van der Waals surface area (Å²) in [7, 11) is 0. The van der Waals surface area contributed by atoms with E-state index in [9.17, 15) is 4.79 Å². The summed E-state index contributed by atoms with van der Waals surface area (Å²) in [5, 5.41) is 3.78. The maximum Gasteiger partial charge on any atom is 0.239 e. The highest BCUT2D eigenvalue weighted by Crippen LogP contribution is 2.25. The predicted molar refractivity (Wildman–Crippen MR) is 83.3 cm³/mol. The number of benzene rings is 1. The Morgan fingerprint density at radius 1 is 1.33 bits per heavy atom. The molecule has 0 aliphatic heterocycles. The van der Waals surface area contributed by atoms with E-state index in [0.717, 1.165) is 21.9 Å². The molecule has 1 amide bonds. The van der Waals surface area contributed by atoms with Crippen molar-refractivity contribution < 1.29 is 4.79 Å². The van der Waals surface area contributed by atoms with Crippen molar-refractivity contribution in [1.29, 1.82) is 0 Å². The van der Waals surface area contributed by atoms with Gasteiger partial charge in [-0.1, -0.05) is 18.2 Å². The molecule has 0 aliphatic carbocycles. The smallest absolute Gasteiger partial charge is 0.239 e. The summed E-state index contributed by atoms with van der Waals surface area (Å²) in [6.07, 6.45) is 1.72. The molecule has 2 heterocycles. The molecule has 1 N–H and O–H groups in total. The quantitative estimate of drug-likeness (QED) is 0.753. The summed E-state index contributed by atoms with van der Waals surface area (Å²) in [6.45, 7) is 2.70. The van der Waals surface area contributed by atoms with E-state index < -0.39 is 0 Å². The lowest BCUT2D eigenvalue weighted by Crippen LogP contribution is -2.27. The molecule has 0 unspecified atom stereocenters. The second-order valence-electron chi connectivity index (χ2n) is 4.71. The minimum Gasteiger partial charge on any atom is -0.355 e. The van der Waals surface area contributed by atoms with E-state index >= 15 is 0 Å². The molecule has 3 aromatic rings. The third kappa shape index (κ3) is 2.45. The van der Waals surface area contributed by atoms with Crippen LogP contribution in [-0.4, -0.2) is 27.0 Å². The lowest BCUT2D eigenvalue weighted by molar-refractivity contribution is -0.121. The fraction of sp³-hybridized carbons (Fsp3) is 0.267. The number of aromatic nitrogens is 3. The lowest BCUT2D eigenvalue weighted by atomic mass is 10.2. The number of hydrogen-bond acceptors (Lipinski definition) is 3. The Kier molecular flexibility index (Phi) is 3.75. The first-order chi connectivity index (χ1) is 10.2. The molecule has 0 aliphatic rings. The van der Waals surface area contributed by atoms with Gasteiger partial charge in [0.2, 0.25) is 5.91 Å². The molecule has 0 atom stereocenters. The van der Waals surface area contributed by atoms with Crippen molar-refractivity contribution in [3.63, 3.8) is 0 Å². The predicted octanol–water partition coefficient (Wildman–Crippen LogP) is 2.46. The van der Waals surface area contributed by atoms with Crippen molar-refractivity contribution in [3.8, 4) is 0 Å². The number of rotatable bonds is 4. The molecular weight excluding hydrogens is 288 g/mol. The van der Waals surface area contributed by atoms with Crippen LogP contribution in [-0.2, 0) is 17.2 Å². The number of carbonyl (C=O) groups is 1. The fourth-order valence-corrected chi connectivity index (χ4v) is 2.68. The molecule has 21 heavy (non-hydrogen) atoms. The van der Waals surface area contributed by atoms with Gasteiger partial charge in [-0.15, -0.1) is 11.6 Å². The summed E-state index contributed by atoms with van der Waals surface area (Å²) in [6, 6.07) is 7.82.